The lowest BCUT2D eigenvalue weighted by molar-refractivity contribution is 0.0988. The molecule has 1 aliphatic rings. The first kappa shape index (κ1) is 17.4. The fraction of sp³-hybridized carbons (Fsp3) is 0.211. The van der Waals surface area contributed by atoms with Gasteiger partial charge in [-0.1, -0.05) is 23.4 Å². The van der Waals surface area contributed by atoms with Gasteiger partial charge in [0.05, 0.1) is 25.1 Å². The van der Waals surface area contributed by atoms with Crippen LogP contribution in [0.15, 0.2) is 48.7 Å². The second-order valence-electron chi connectivity index (χ2n) is 6.44. The average molecular weight is 363 g/mol. The third-order valence-corrected chi connectivity index (χ3v) is 4.67. The molecule has 1 atom stereocenters. The summed E-state index contributed by atoms with van der Waals surface area (Å²) in [6.45, 7) is 1.89. The van der Waals surface area contributed by atoms with Crippen molar-refractivity contribution in [3.05, 3.63) is 65.5 Å². The summed E-state index contributed by atoms with van der Waals surface area (Å²) < 4.78 is 12.1. The molecular formula is C19H18BN3O4. The van der Waals surface area contributed by atoms with E-state index in [-0.39, 0.29) is 24.0 Å². The highest BCUT2D eigenvalue weighted by atomic mass is 16.5. The quantitative estimate of drug-likeness (QED) is 0.546. The normalized spacial score (nSPS) is 15.7. The van der Waals surface area contributed by atoms with Gasteiger partial charge in [-0.3, -0.25) is 4.79 Å². The number of hydrogen-bond acceptors (Lipinski definition) is 6. The van der Waals surface area contributed by atoms with Crippen molar-refractivity contribution in [1.29, 1.82) is 0 Å². The highest BCUT2D eigenvalue weighted by Crippen LogP contribution is 2.23. The van der Waals surface area contributed by atoms with E-state index < -0.39 is 7.12 Å². The van der Waals surface area contributed by atoms with Crippen LogP contribution in [0, 0.1) is 0 Å². The molecule has 0 spiro atoms. The Morgan fingerprint density at radius 2 is 2.07 bits per heavy atom. The lowest BCUT2D eigenvalue weighted by Gasteiger charge is -2.05. The molecule has 0 saturated carbocycles. The highest BCUT2D eigenvalue weighted by molar-refractivity contribution is 6.61. The van der Waals surface area contributed by atoms with E-state index in [4.69, 9.17) is 9.39 Å². The molecule has 2 aromatic carbocycles. The molecule has 7 nitrogen and oxygen atoms in total. The molecule has 1 aliphatic heterocycles. The number of carbonyl (C=O) groups excluding carboxylic acids is 1. The summed E-state index contributed by atoms with van der Waals surface area (Å²) in [4.78, 5) is 12.6. The molecule has 0 fully saturated rings. The Hall–Kier alpha value is -2.97. The summed E-state index contributed by atoms with van der Waals surface area (Å²) in [5.41, 5.74) is 3.54. The molecule has 0 bridgehead atoms. The van der Waals surface area contributed by atoms with E-state index in [2.05, 4.69) is 10.3 Å². The van der Waals surface area contributed by atoms with Crippen molar-refractivity contribution in [2.24, 2.45) is 0 Å². The predicted molar refractivity (Wildman–Crippen MR) is 99.5 cm³/mol. The second kappa shape index (κ2) is 6.98. The van der Waals surface area contributed by atoms with Gasteiger partial charge in [0.25, 0.3) is 0 Å². The van der Waals surface area contributed by atoms with Gasteiger partial charge in [0, 0.05) is 6.42 Å². The van der Waals surface area contributed by atoms with Crippen LogP contribution in [0.25, 0.3) is 5.69 Å². The summed E-state index contributed by atoms with van der Waals surface area (Å²) in [5, 5.41) is 18.0. The smallest absolute Gasteiger partial charge is 0.491 e. The van der Waals surface area contributed by atoms with Gasteiger partial charge < -0.3 is 14.4 Å². The molecule has 0 radical (unpaired) electrons. The molecule has 2 heterocycles. The number of aromatic nitrogens is 3. The van der Waals surface area contributed by atoms with Crippen molar-refractivity contribution < 1.29 is 19.2 Å². The Balaban J connectivity index is 1.51. The number of carbonyl (C=O) groups is 1. The van der Waals surface area contributed by atoms with Crippen molar-refractivity contribution in [3.8, 4) is 11.4 Å². The largest absolute Gasteiger partial charge is 0.497 e. The molecule has 0 amide bonds. The van der Waals surface area contributed by atoms with Gasteiger partial charge in [-0.15, -0.1) is 5.10 Å². The first-order valence-electron chi connectivity index (χ1n) is 8.61. The minimum atomic E-state index is -0.944. The van der Waals surface area contributed by atoms with Crippen LogP contribution in [0.5, 0.6) is 5.75 Å². The molecule has 8 heteroatoms. The fourth-order valence-corrected chi connectivity index (χ4v) is 3.19. The lowest BCUT2D eigenvalue weighted by atomic mass is 9.78. The predicted octanol–water partition coefficient (Wildman–Crippen LogP) is 1.48. The summed E-state index contributed by atoms with van der Waals surface area (Å²) in [5.74, 6) is 0.600. The summed E-state index contributed by atoms with van der Waals surface area (Å²) >= 11 is 0. The number of nitrogens with zero attached hydrogens (tertiary/aromatic N) is 3. The van der Waals surface area contributed by atoms with E-state index in [9.17, 15) is 9.82 Å². The molecule has 0 saturated heterocycles. The van der Waals surface area contributed by atoms with Crippen molar-refractivity contribution in [1.82, 2.24) is 15.0 Å². The van der Waals surface area contributed by atoms with Gasteiger partial charge in [0.2, 0.25) is 0 Å². The fourth-order valence-electron chi connectivity index (χ4n) is 3.19. The molecule has 4 rings (SSSR count). The summed E-state index contributed by atoms with van der Waals surface area (Å²) in [6.07, 6.45) is 1.64. The number of ether oxygens (including phenoxy) is 1. The van der Waals surface area contributed by atoms with Crippen LogP contribution >= 0.6 is 0 Å². The Morgan fingerprint density at radius 1 is 1.30 bits per heavy atom. The number of ketones is 1. The van der Waals surface area contributed by atoms with E-state index in [1.807, 2.05) is 49.4 Å². The molecule has 136 valence electrons. The van der Waals surface area contributed by atoms with E-state index in [1.165, 1.54) is 0 Å². The molecule has 0 aliphatic carbocycles. The third-order valence-electron chi connectivity index (χ3n) is 4.67. The summed E-state index contributed by atoms with van der Waals surface area (Å²) in [7, 11) is 0.660. The zero-order valence-corrected chi connectivity index (χ0v) is 15.0. The maximum absolute atomic E-state index is 12.6. The van der Waals surface area contributed by atoms with Gasteiger partial charge in [-0.25, -0.2) is 4.68 Å². The number of methoxy groups -OCH3 is 1. The van der Waals surface area contributed by atoms with Gasteiger partial charge in [0.1, 0.15) is 11.4 Å². The standard InChI is InChI=1S/C19H18BN3O4/c1-12-16-8-3-13(9-17(16)20(25)27-12)10-19(24)18-11-23(22-21-18)14-4-6-15(26-2)7-5-14/h3-9,11-12,25H,10H2,1-2H3. The minimum Gasteiger partial charge on any atom is -0.497 e. The zero-order chi connectivity index (χ0) is 19.0. The van der Waals surface area contributed by atoms with E-state index in [1.54, 1.807) is 18.0 Å². The minimum absolute atomic E-state index is 0.142. The van der Waals surface area contributed by atoms with Crippen LogP contribution in [0.4, 0.5) is 0 Å². The van der Waals surface area contributed by atoms with Gasteiger partial charge in [-0.2, -0.15) is 0 Å². The zero-order valence-electron chi connectivity index (χ0n) is 15.0. The van der Waals surface area contributed by atoms with Crippen LogP contribution in [-0.4, -0.2) is 40.0 Å². The SMILES string of the molecule is COc1ccc(-n2cc(C(=O)Cc3ccc4c(c3)B(O)OC4C)nn2)cc1. The van der Waals surface area contributed by atoms with Gasteiger partial charge >= 0.3 is 7.12 Å². The van der Waals surface area contributed by atoms with E-state index in [0.29, 0.717) is 0 Å². The van der Waals surface area contributed by atoms with Crippen LogP contribution in [-0.2, 0) is 11.1 Å². The first-order chi connectivity index (χ1) is 13.0. The van der Waals surface area contributed by atoms with Crippen LogP contribution < -0.4 is 10.2 Å². The van der Waals surface area contributed by atoms with E-state index in [0.717, 1.165) is 28.0 Å². The van der Waals surface area contributed by atoms with Crippen molar-refractivity contribution in [2.45, 2.75) is 19.4 Å². The molecule has 1 N–H and O–H groups in total. The third kappa shape index (κ3) is 3.37. The van der Waals surface area contributed by atoms with Gasteiger partial charge in [-0.05, 0) is 47.8 Å². The average Bonchev–Trinajstić information content (AvgIpc) is 3.27. The molecule has 3 aromatic rings. The van der Waals surface area contributed by atoms with Crippen molar-refractivity contribution in [2.75, 3.05) is 7.11 Å². The Morgan fingerprint density at radius 3 is 2.81 bits per heavy atom. The first-order valence-corrected chi connectivity index (χ1v) is 8.61. The molecule has 27 heavy (non-hydrogen) atoms. The number of Topliss-reactive ketones (excluding diaryl/α,β-unsaturated/α-hetero) is 1. The highest BCUT2D eigenvalue weighted by Gasteiger charge is 2.32. The maximum atomic E-state index is 12.6. The van der Waals surface area contributed by atoms with Crippen molar-refractivity contribution >= 4 is 18.4 Å². The number of fused-ring (bicyclic) bond motifs is 1. The van der Waals surface area contributed by atoms with Crippen LogP contribution in [0.1, 0.15) is 34.6 Å². The van der Waals surface area contributed by atoms with E-state index >= 15 is 0 Å². The Kier molecular flexibility index (Phi) is 4.51. The topological polar surface area (TPSA) is 86.5 Å². The monoisotopic (exact) mass is 363 g/mol. The van der Waals surface area contributed by atoms with Crippen LogP contribution in [0.3, 0.4) is 0 Å². The molecule has 1 unspecified atom stereocenters. The number of rotatable bonds is 5. The van der Waals surface area contributed by atoms with Crippen molar-refractivity contribution in [3.63, 3.8) is 0 Å². The lowest BCUT2D eigenvalue weighted by Crippen LogP contribution is -2.28. The summed E-state index contributed by atoms with van der Waals surface area (Å²) in [6, 6.07) is 12.9. The number of hydrogen-bond donors (Lipinski definition) is 1. The Labute approximate surface area is 156 Å². The van der Waals surface area contributed by atoms with Crippen LogP contribution in [0.2, 0.25) is 0 Å². The maximum Gasteiger partial charge on any atom is 0.491 e. The Bertz CT molecular complexity index is 987. The van der Waals surface area contributed by atoms with Gasteiger partial charge in [0.15, 0.2) is 5.78 Å². The second-order valence-corrected chi connectivity index (χ2v) is 6.44. The molecular weight excluding hydrogens is 345 g/mol. The number of benzene rings is 2. The molecule has 1 aromatic heterocycles.